The number of urea groups is 1. The van der Waals surface area contributed by atoms with Gasteiger partial charge in [-0.25, -0.2) is 4.79 Å². The maximum atomic E-state index is 11.8. The van der Waals surface area contributed by atoms with Gasteiger partial charge in [-0.15, -0.1) is 0 Å². The molecule has 0 aromatic carbocycles. The Morgan fingerprint density at radius 3 is 2.20 bits per heavy atom. The van der Waals surface area contributed by atoms with E-state index in [1.807, 2.05) is 0 Å². The van der Waals surface area contributed by atoms with Gasteiger partial charge in [-0.2, -0.15) is 0 Å². The first-order chi connectivity index (χ1) is 9.52. The van der Waals surface area contributed by atoms with Gasteiger partial charge >= 0.3 is 12.0 Å². The molecule has 20 heavy (non-hydrogen) atoms. The van der Waals surface area contributed by atoms with Gasteiger partial charge < -0.3 is 14.9 Å². The number of hydrogen-bond acceptors (Lipinski definition) is 4. The van der Waals surface area contributed by atoms with Gasteiger partial charge in [0.2, 0.25) is 5.91 Å². The summed E-state index contributed by atoms with van der Waals surface area (Å²) in [4.78, 5) is 37.6. The molecule has 0 unspecified atom stereocenters. The van der Waals surface area contributed by atoms with Crippen molar-refractivity contribution < 1.29 is 19.5 Å². The number of nitrogens with one attached hydrogen (secondary N) is 1. The zero-order chi connectivity index (χ0) is 15.0. The minimum atomic E-state index is -0.865. The van der Waals surface area contributed by atoms with Crippen molar-refractivity contribution in [1.29, 1.82) is 0 Å². The Labute approximate surface area is 118 Å². The highest BCUT2D eigenvalue weighted by atomic mass is 16.4. The van der Waals surface area contributed by atoms with Gasteiger partial charge in [0.05, 0.1) is 0 Å². The molecule has 1 aliphatic heterocycles. The molecule has 0 saturated carbocycles. The fourth-order valence-electron chi connectivity index (χ4n) is 2.09. The van der Waals surface area contributed by atoms with Crippen molar-refractivity contribution >= 4 is 17.9 Å². The number of rotatable bonds is 6. The van der Waals surface area contributed by atoms with Gasteiger partial charge in [0, 0.05) is 39.0 Å². The first kappa shape index (κ1) is 16.4. The lowest BCUT2D eigenvalue weighted by molar-refractivity contribution is -0.137. The number of hydrogen-bond donors (Lipinski definition) is 2. The van der Waals surface area contributed by atoms with Gasteiger partial charge in [0.1, 0.15) is 0 Å². The molecule has 1 fully saturated rings. The van der Waals surface area contributed by atoms with E-state index in [0.717, 1.165) is 19.6 Å². The number of carboxylic acids is 1. The van der Waals surface area contributed by atoms with E-state index >= 15 is 0 Å². The van der Waals surface area contributed by atoms with E-state index in [1.54, 1.807) is 4.90 Å². The molecule has 0 atom stereocenters. The highest BCUT2D eigenvalue weighted by molar-refractivity contribution is 5.94. The van der Waals surface area contributed by atoms with E-state index in [1.165, 1.54) is 0 Å². The first-order valence-corrected chi connectivity index (χ1v) is 7.05. The number of carbonyl (C=O) groups excluding carboxylic acids is 2. The molecule has 0 bridgehead atoms. The minimum Gasteiger partial charge on any atom is -0.481 e. The Morgan fingerprint density at radius 1 is 1.05 bits per heavy atom. The fraction of sp³-hybridized carbons (Fsp3) is 0.769. The van der Waals surface area contributed by atoms with Gasteiger partial charge in [-0.1, -0.05) is 6.92 Å². The van der Waals surface area contributed by atoms with Crippen molar-refractivity contribution in [3.8, 4) is 0 Å². The van der Waals surface area contributed by atoms with Crippen LogP contribution in [0.1, 0.15) is 32.6 Å². The molecule has 7 heteroatoms. The van der Waals surface area contributed by atoms with Crippen LogP contribution in [0.3, 0.4) is 0 Å². The molecule has 7 nitrogen and oxygen atoms in total. The van der Waals surface area contributed by atoms with Crippen LogP contribution in [-0.4, -0.2) is 65.5 Å². The van der Waals surface area contributed by atoms with Gasteiger partial charge in [0.15, 0.2) is 0 Å². The molecule has 114 valence electrons. The zero-order valence-electron chi connectivity index (χ0n) is 11.9. The number of unbranched alkanes of at least 4 members (excludes halogenated alkanes) is 1. The van der Waals surface area contributed by atoms with E-state index < -0.39 is 5.97 Å². The van der Waals surface area contributed by atoms with Gasteiger partial charge in [-0.05, 0) is 19.4 Å². The second-order valence-corrected chi connectivity index (χ2v) is 4.88. The van der Waals surface area contributed by atoms with Crippen molar-refractivity contribution in [2.75, 3.05) is 32.7 Å². The smallest absolute Gasteiger partial charge is 0.324 e. The molecule has 3 amide bonds. The van der Waals surface area contributed by atoms with Crippen molar-refractivity contribution in [2.45, 2.75) is 32.6 Å². The predicted octanol–water partition coefficient (Wildman–Crippen LogP) is 0.505. The Morgan fingerprint density at radius 2 is 1.65 bits per heavy atom. The molecule has 0 spiro atoms. The molecular formula is C13H23N3O4. The highest BCUT2D eigenvalue weighted by Crippen LogP contribution is 2.03. The number of carbonyl (C=O) groups is 3. The molecule has 0 aromatic heterocycles. The van der Waals surface area contributed by atoms with Gasteiger partial charge in [-0.3, -0.25) is 14.9 Å². The van der Waals surface area contributed by atoms with E-state index in [0.29, 0.717) is 25.9 Å². The lowest BCUT2D eigenvalue weighted by Crippen LogP contribution is -2.52. The average molecular weight is 285 g/mol. The van der Waals surface area contributed by atoms with Crippen molar-refractivity contribution in [3.05, 3.63) is 0 Å². The fourth-order valence-corrected chi connectivity index (χ4v) is 2.09. The summed E-state index contributed by atoms with van der Waals surface area (Å²) < 4.78 is 0. The van der Waals surface area contributed by atoms with Crippen LogP contribution in [0, 0.1) is 0 Å². The van der Waals surface area contributed by atoms with Crippen molar-refractivity contribution in [2.24, 2.45) is 0 Å². The molecule has 1 aliphatic rings. The van der Waals surface area contributed by atoms with E-state index in [-0.39, 0.29) is 24.8 Å². The minimum absolute atomic E-state index is 0.0558. The predicted molar refractivity (Wildman–Crippen MR) is 73.3 cm³/mol. The first-order valence-electron chi connectivity index (χ1n) is 7.05. The van der Waals surface area contributed by atoms with Crippen LogP contribution < -0.4 is 5.32 Å². The van der Waals surface area contributed by atoms with Crippen molar-refractivity contribution in [1.82, 2.24) is 15.1 Å². The summed E-state index contributed by atoms with van der Waals surface area (Å²) in [5.41, 5.74) is 0. The molecule has 0 aliphatic carbocycles. The largest absolute Gasteiger partial charge is 0.481 e. The summed E-state index contributed by atoms with van der Waals surface area (Å²) in [6, 6.07) is -0.344. The van der Waals surface area contributed by atoms with Gasteiger partial charge in [0.25, 0.3) is 0 Å². The lowest BCUT2D eigenvalue weighted by Gasteiger charge is -2.33. The maximum Gasteiger partial charge on any atom is 0.324 e. The summed E-state index contributed by atoms with van der Waals surface area (Å²) in [6.45, 7) is 5.97. The van der Waals surface area contributed by atoms with E-state index in [2.05, 4.69) is 17.1 Å². The van der Waals surface area contributed by atoms with Crippen LogP contribution in [0.5, 0.6) is 0 Å². The number of aliphatic carboxylic acids is 1. The maximum absolute atomic E-state index is 11.8. The number of nitrogens with zero attached hydrogens (tertiary/aromatic N) is 2. The van der Waals surface area contributed by atoms with Crippen LogP contribution in [0.25, 0.3) is 0 Å². The molecule has 0 aromatic rings. The molecule has 1 saturated heterocycles. The standard InChI is InChI=1S/C13H23N3O4/c1-2-15-7-9-16(10-8-15)13(20)14-11(17)5-3-4-6-12(18)19/h2-10H2,1H3,(H,18,19)(H,14,17,20). The highest BCUT2D eigenvalue weighted by Gasteiger charge is 2.21. The number of imide groups is 1. The molecular weight excluding hydrogens is 262 g/mol. The summed E-state index contributed by atoms with van der Waals surface area (Å²) >= 11 is 0. The number of carboxylic acid groups (broad SMARTS) is 1. The Hall–Kier alpha value is -1.63. The third-order valence-corrected chi connectivity index (χ3v) is 3.40. The Kier molecular flexibility index (Phi) is 7.00. The quantitative estimate of drug-likeness (QED) is 0.694. The molecule has 0 radical (unpaired) electrons. The molecule has 1 rings (SSSR count). The summed E-state index contributed by atoms with van der Waals surface area (Å²) in [5, 5.41) is 10.8. The molecule has 2 N–H and O–H groups in total. The normalized spacial score (nSPS) is 15.9. The van der Waals surface area contributed by atoms with Crippen LogP contribution in [0.2, 0.25) is 0 Å². The lowest BCUT2D eigenvalue weighted by atomic mass is 10.2. The van der Waals surface area contributed by atoms with E-state index in [9.17, 15) is 14.4 Å². The number of amides is 3. The summed E-state index contributed by atoms with van der Waals surface area (Å²) in [5.74, 6) is -1.20. The SMILES string of the molecule is CCN1CCN(C(=O)NC(=O)CCCCC(=O)O)CC1. The van der Waals surface area contributed by atoms with Crippen molar-refractivity contribution in [3.63, 3.8) is 0 Å². The average Bonchev–Trinajstić information content (AvgIpc) is 2.43. The summed E-state index contributed by atoms with van der Waals surface area (Å²) in [6.07, 6.45) is 1.18. The topological polar surface area (TPSA) is 90.0 Å². The zero-order valence-corrected chi connectivity index (χ0v) is 11.9. The second-order valence-electron chi connectivity index (χ2n) is 4.88. The van der Waals surface area contributed by atoms with Crippen LogP contribution in [-0.2, 0) is 9.59 Å². The third kappa shape index (κ3) is 6.01. The Bertz CT molecular complexity index is 352. The number of piperazine rings is 1. The van der Waals surface area contributed by atoms with Crippen LogP contribution in [0.15, 0.2) is 0 Å². The second kappa shape index (κ2) is 8.52. The number of likely N-dealkylation sites (N-methyl/N-ethyl adjacent to an activating group) is 1. The van der Waals surface area contributed by atoms with Crippen LogP contribution >= 0.6 is 0 Å². The third-order valence-electron chi connectivity index (χ3n) is 3.40. The van der Waals surface area contributed by atoms with Crippen LogP contribution in [0.4, 0.5) is 4.79 Å². The Balaban J connectivity index is 2.18. The molecule has 1 heterocycles. The van der Waals surface area contributed by atoms with E-state index in [4.69, 9.17) is 5.11 Å². The summed E-state index contributed by atoms with van der Waals surface area (Å²) in [7, 11) is 0. The monoisotopic (exact) mass is 285 g/mol.